The third kappa shape index (κ3) is 3.87. The lowest BCUT2D eigenvalue weighted by atomic mass is 10.2. The van der Waals surface area contributed by atoms with Crippen molar-refractivity contribution < 1.29 is 13.7 Å². The fourth-order valence-electron chi connectivity index (χ4n) is 2.16. The van der Waals surface area contributed by atoms with Crippen LogP contribution in [0, 0.1) is 6.92 Å². The van der Waals surface area contributed by atoms with Crippen LogP contribution in [-0.4, -0.2) is 28.0 Å². The van der Waals surface area contributed by atoms with Crippen LogP contribution in [0.1, 0.15) is 23.8 Å². The average Bonchev–Trinajstić information content (AvgIpc) is 3.26. The number of amides is 1. The van der Waals surface area contributed by atoms with E-state index in [0.29, 0.717) is 31.1 Å². The Morgan fingerprint density at radius 3 is 2.91 bits per heavy atom. The molecule has 0 radical (unpaired) electrons. The van der Waals surface area contributed by atoms with Crippen LogP contribution >= 0.6 is 11.3 Å². The van der Waals surface area contributed by atoms with Crippen molar-refractivity contribution in [2.24, 2.45) is 0 Å². The topological polar surface area (TPSA) is 72.4 Å². The number of carbonyl (C=O) groups is 1. The van der Waals surface area contributed by atoms with Gasteiger partial charge in [0.15, 0.2) is 0 Å². The summed E-state index contributed by atoms with van der Waals surface area (Å²) in [5, 5.41) is 5.89. The van der Waals surface area contributed by atoms with Crippen LogP contribution in [-0.2, 0) is 17.8 Å². The van der Waals surface area contributed by atoms with Crippen LogP contribution in [0.2, 0.25) is 0 Å². The molecule has 3 rings (SSSR count). The number of furan rings is 1. The zero-order chi connectivity index (χ0) is 16.2. The van der Waals surface area contributed by atoms with Gasteiger partial charge in [-0.25, -0.2) is 0 Å². The van der Waals surface area contributed by atoms with Gasteiger partial charge < -0.3 is 13.8 Å². The van der Waals surface area contributed by atoms with Gasteiger partial charge in [0, 0.05) is 19.9 Å². The Kier molecular flexibility index (Phi) is 4.57. The first kappa shape index (κ1) is 15.5. The molecule has 120 valence electrons. The molecule has 0 aliphatic rings. The molecule has 0 bridgehead atoms. The van der Waals surface area contributed by atoms with Crippen molar-refractivity contribution >= 4 is 17.2 Å². The van der Waals surface area contributed by atoms with E-state index in [0.717, 1.165) is 16.4 Å². The number of aryl methyl sites for hydroxylation is 2. The van der Waals surface area contributed by atoms with E-state index in [1.807, 2.05) is 36.6 Å². The third-order valence-electron chi connectivity index (χ3n) is 3.38. The molecular formula is C16H17N3O3S. The summed E-state index contributed by atoms with van der Waals surface area (Å²) in [4.78, 5) is 19.1. The Bertz CT molecular complexity index is 776. The van der Waals surface area contributed by atoms with Gasteiger partial charge in [0.25, 0.3) is 0 Å². The zero-order valence-electron chi connectivity index (χ0n) is 13.0. The third-order valence-corrected chi connectivity index (χ3v) is 4.24. The second-order valence-electron chi connectivity index (χ2n) is 5.25. The summed E-state index contributed by atoms with van der Waals surface area (Å²) in [6.07, 6.45) is 0.751. The Morgan fingerprint density at radius 2 is 2.22 bits per heavy atom. The molecule has 0 N–H and O–H groups in total. The predicted octanol–water partition coefficient (Wildman–Crippen LogP) is 3.29. The maximum Gasteiger partial charge on any atom is 0.227 e. The second kappa shape index (κ2) is 6.78. The number of carbonyl (C=O) groups excluding carboxylic acids is 1. The Morgan fingerprint density at radius 1 is 1.35 bits per heavy atom. The van der Waals surface area contributed by atoms with Gasteiger partial charge in [-0.2, -0.15) is 4.98 Å². The van der Waals surface area contributed by atoms with Crippen LogP contribution in [0.5, 0.6) is 0 Å². The van der Waals surface area contributed by atoms with Crippen molar-refractivity contribution in [3.63, 3.8) is 0 Å². The molecule has 0 unspecified atom stereocenters. The molecule has 0 saturated heterocycles. The van der Waals surface area contributed by atoms with Gasteiger partial charge in [-0.05, 0) is 30.5 Å². The van der Waals surface area contributed by atoms with E-state index in [4.69, 9.17) is 8.94 Å². The minimum atomic E-state index is 0.00919. The van der Waals surface area contributed by atoms with Crippen LogP contribution < -0.4 is 0 Å². The largest absolute Gasteiger partial charge is 0.464 e. The predicted molar refractivity (Wildman–Crippen MR) is 85.9 cm³/mol. The van der Waals surface area contributed by atoms with Crippen molar-refractivity contribution in [1.82, 2.24) is 15.0 Å². The summed E-state index contributed by atoms with van der Waals surface area (Å²) < 4.78 is 10.7. The van der Waals surface area contributed by atoms with Gasteiger partial charge in [0.05, 0.1) is 11.4 Å². The van der Waals surface area contributed by atoms with E-state index < -0.39 is 0 Å². The molecular weight excluding hydrogens is 314 g/mol. The van der Waals surface area contributed by atoms with E-state index in [9.17, 15) is 4.79 Å². The molecule has 0 saturated carbocycles. The Balaban J connectivity index is 1.52. The van der Waals surface area contributed by atoms with Crippen molar-refractivity contribution in [2.45, 2.75) is 26.3 Å². The van der Waals surface area contributed by atoms with Gasteiger partial charge in [0.1, 0.15) is 11.5 Å². The highest BCUT2D eigenvalue weighted by Crippen LogP contribution is 2.21. The summed E-state index contributed by atoms with van der Waals surface area (Å²) >= 11 is 1.55. The normalized spacial score (nSPS) is 10.9. The van der Waals surface area contributed by atoms with Crippen molar-refractivity contribution in [2.75, 3.05) is 7.05 Å². The van der Waals surface area contributed by atoms with Crippen LogP contribution in [0.15, 0.2) is 38.6 Å². The lowest BCUT2D eigenvalue weighted by Crippen LogP contribution is -2.26. The number of hydrogen-bond donors (Lipinski definition) is 0. The summed E-state index contributed by atoms with van der Waals surface area (Å²) in [5.74, 6) is 2.67. The molecule has 1 amide bonds. The quantitative estimate of drug-likeness (QED) is 0.693. The lowest BCUT2D eigenvalue weighted by Gasteiger charge is -2.14. The van der Waals surface area contributed by atoms with E-state index >= 15 is 0 Å². The second-order valence-corrected chi connectivity index (χ2v) is 6.20. The highest BCUT2D eigenvalue weighted by Gasteiger charge is 2.14. The van der Waals surface area contributed by atoms with E-state index in [2.05, 4.69) is 10.1 Å². The molecule has 0 aliphatic carbocycles. The average molecular weight is 331 g/mol. The SMILES string of the molecule is Cc1ccc(CN(C)C(=O)CCc2nc(-c3cccs3)no2)o1. The lowest BCUT2D eigenvalue weighted by molar-refractivity contribution is -0.130. The van der Waals surface area contributed by atoms with Gasteiger partial charge in [-0.15, -0.1) is 11.3 Å². The van der Waals surface area contributed by atoms with E-state index in [-0.39, 0.29) is 5.91 Å². The fraction of sp³-hybridized carbons (Fsp3) is 0.312. The molecule has 0 aliphatic heterocycles. The fourth-order valence-corrected chi connectivity index (χ4v) is 2.81. The minimum absolute atomic E-state index is 0.00919. The minimum Gasteiger partial charge on any atom is -0.464 e. The number of aromatic nitrogens is 2. The van der Waals surface area contributed by atoms with Gasteiger partial charge >= 0.3 is 0 Å². The first-order valence-electron chi connectivity index (χ1n) is 7.27. The molecule has 0 aromatic carbocycles. The summed E-state index contributed by atoms with van der Waals surface area (Å²) in [5.41, 5.74) is 0. The monoisotopic (exact) mass is 331 g/mol. The first-order valence-corrected chi connectivity index (χ1v) is 8.15. The highest BCUT2D eigenvalue weighted by atomic mass is 32.1. The Labute approximate surface area is 137 Å². The zero-order valence-corrected chi connectivity index (χ0v) is 13.8. The van der Waals surface area contributed by atoms with Crippen molar-refractivity contribution in [3.05, 3.63) is 47.1 Å². The molecule has 23 heavy (non-hydrogen) atoms. The summed E-state index contributed by atoms with van der Waals surface area (Å²) in [6, 6.07) is 7.64. The molecule has 0 spiro atoms. The van der Waals surface area contributed by atoms with Gasteiger partial charge in [-0.3, -0.25) is 4.79 Å². The van der Waals surface area contributed by atoms with Crippen LogP contribution in [0.25, 0.3) is 10.7 Å². The molecule has 0 atom stereocenters. The number of hydrogen-bond acceptors (Lipinski definition) is 6. The van der Waals surface area contributed by atoms with E-state index in [1.165, 1.54) is 0 Å². The summed E-state index contributed by atoms with van der Waals surface area (Å²) in [7, 11) is 1.76. The van der Waals surface area contributed by atoms with Crippen molar-refractivity contribution in [3.8, 4) is 10.7 Å². The first-order chi connectivity index (χ1) is 11.1. The molecule has 6 nitrogen and oxygen atoms in total. The van der Waals surface area contributed by atoms with Crippen LogP contribution in [0.4, 0.5) is 0 Å². The van der Waals surface area contributed by atoms with E-state index in [1.54, 1.807) is 23.3 Å². The maximum absolute atomic E-state index is 12.2. The maximum atomic E-state index is 12.2. The number of thiophene rings is 1. The molecule has 3 aromatic rings. The smallest absolute Gasteiger partial charge is 0.227 e. The van der Waals surface area contributed by atoms with Crippen molar-refractivity contribution in [1.29, 1.82) is 0 Å². The van der Waals surface area contributed by atoms with Crippen LogP contribution in [0.3, 0.4) is 0 Å². The molecule has 7 heteroatoms. The number of rotatable bonds is 6. The molecule has 3 aromatic heterocycles. The molecule has 3 heterocycles. The Hall–Kier alpha value is -2.41. The highest BCUT2D eigenvalue weighted by molar-refractivity contribution is 7.13. The van der Waals surface area contributed by atoms with Gasteiger partial charge in [0.2, 0.25) is 17.6 Å². The number of nitrogens with zero attached hydrogens (tertiary/aromatic N) is 3. The summed E-state index contributed by atoms with van der Waals surface area (Å²) in [6.45, 7) is 2.34. The standard InChI is InChI=1S/C16H17N3O3S/c1-11-5-6-12(21-11)10-19(2)15(20)8-7-14-17-16(18-22-14)13-4-3-9-23-13/h3-6,9H,7-8,10H2,1-2H3. The van der Waals surface area contributed by atoms with Gasteiger partial charge in [-0.1, -0.05) is 11.2 Å². The molecule has 0 fully saturated rings.